The number of halogens is 1. The Labute approximate surface area is 100 Å². The third-order valence-corrected chi connectivity index (χ3v) is 2.47. The topological polar surface area (TPSA) is 44.1 Å². The maximum atomic E-state index is 13.1. The molecule has 0 radical (unpaired) electrons. The van der Waals surface area contributed by atoms with Crippen molar-refractivity contribution in [2.24, 2.45) is 0 Å². The Kier molecular flexibility index (Phi) is 4.65. The average Bonchev–Trinajstić information content (AvgIpc) is 2.31. The molecule has 0 saturated heterocycles. The molecule has 0 saturated carbocycles. The number of carbonyl (C=O) groups excluding carboxylic acids is 1. The molecule has 1 aromatic carbocycles. The van der Waals surface area contributed by atoms with Crippen molar-refractivity contribution < 1.29 is 9.18 Å². The van der Waals surface area contributed by atoms with E-state index < -0.39 is 5.82 Å². The van der Waals surface area contributed by atoms with Gasteiger partial charge in [0.25, 0.3) is 5.91 Å². The summed E-state index contributed by atoms with van der Waals surface area (Å²) in [5.74, 6) is -0.724. The van der Waals surface area contributed by atoms with Gasteiger partial charge in [0, 0.05) is 12.1 Å². The summed E-state index contributed by atoms with van der Waals surface area (Å²) in [6.07, 6.45) is 0.766. The van der Waals surface area contributed by atoms with Crippen LogP contribution in [0.2, 0.25) is 0 Å². The van der Waals surface area contributed by atoms with E-state index in [1.807, 2.05) is 13.0 Å². The number of nitriles is 1. The van der Waals surface area contributed by atoms with Gasteiger partial charge in [0.05, 0.1) is 6.07 Å². The summed E-state index contributed by atoms with van der Waals surface area (Å²) < 4.78 is 13.1. The number of carbonyl (C=O) groups is 1. The van der Waals surface area contributed by atoms with Gasteiger partial charge in [-0.2, -0.15) is 5.26 Å². The Morgan fingerprint density at radius 3 is 2.82 bits per heavy atom. The summed E-state index contributed by atoms with van der Waals surface area (Å²) in [6, 6.07) is 6.06. The molecule has 1 aromatic rings. The van der Waals surface area contributed by atoms with E-state index in [1.165, 1.54) is 17.0 Å². The van der Waals surface area contributed by atoms with E-state index in [4.69, 9.17) is 5.26 Å². The third kappa shape index (κ3) is 3.28. The fourth-order valence-electron chi connectivity index (χ4n) is 1.60. The Balaban J connectivity index is 3.00. The highest BCUT2D eigenvalue weighted by Gasteiger charge is 2.17. The van der Waals surface area contributed by atoms with Crippen molar-refractivity contribution in [2.45, 2.75) is 20.3 Å². The first kappa shape index (κ1) is 13.2. The predicted molar refractivity (Wildman–Crippen MR) is 62.9 cm³/mol. The monoisotopic (exact) mass is 234 g/mol. The van der Waals surface area contributed by atoms with E-state index in [-0.39, 0.29) is 12.5 Å². The van der Waals surface area contributed by atoms with Crippen LogP contribution in [0.5, 0.6) is 0 Å². The summed E-state index contributed by atoms with van der Waals surface area (Å²) in [5.41, 5.74) is 1.05. The fourth-order valence-corrected chi connectivity index (χ4v) is 1.60. The first-order chi connectivity index (χ1) is 8.10. The first-order valence-corrected chi connectivity index (χ1v) is 5.52. The largest absolute Gasteiger partial charge is 0.325 e. The van der Waals surface area contributed by atoms with Gasteiger partial charge in [0.15, 0.2) is 0 Å². The van der Waals surface area contributed by atoms with Crippen LogP contribution in [0, 0.1) is 24.1 Å². The van der Waals surface area contributed by atoms with Crippen LogP contribution < -0.4 is 0 Å². The standard InChI is InChI=1S/C13H15FN2O/c1-3-7-16(8-6-15)13(17)12-9-11(14)5-4-10(12)2/h4-5,9H,3,7-8H2,1-2H3. The molecule has 0 N–H and O–H groups in total. The predicted octanol–water partition coefficient (Wildman–Crippen LogP) is 2.51. The van der Waals surface area contributed by atoms with E-state index in [0.717, 1.165) is 12.0 Å². The molecule has 0 aliphatic heterocycles. The molecular formula is C13H15FN2O. The highest BCUT2D eigenvalue weighted by molar-refractivity contribution is 5.95. The molecule has 90 valence electrons. The van der Waals surface area contributed by atoms with E-state index in [9.17, 15) is 9.18 Å². The van der Waals surface area contributed by atoms with Crippen LogP contribution in [0.25, 0.3) is 0 Å². The van der Waals surface area contributed by atoms with Crippen LogP contribution in [-0.2, 0) is 0 Å². The van der Waals surface area contributed by atoms with E-state index in [0.29, 0.717) is 12.1 Å². The second kappa shape index (κ2) is 6.00. The molecular weight excluding hydrogens is 219 g/mol. The van der Waals surface area contributed by atoms with Crippen molar-refractivity contribution in [3.8, 4) is 6.07 Å². The van der Waals surface area contributed by atoms with Gasteiger partial charge >= 0.3 is 0 Å². The Bertz CT molecular complexity index is 451. The maximum absolute atomic E-state index is 13.1. The minimum atomic E-state index is -0.438. The van der Waals surface area contributed by atoms with Gasteiger partial charge in [-0.1, -0.05) is 13.0 Å². The van der Waals surface area contributed by atoms with Gasteiger partial charge in [-0.3, -0.25) is 4.79 Å². The molecule has 1 rings (SSSR count). The first-order valence-electron chi connectivity index (χ1n) is 5.52. The van der Waals surface area contributed by atoms with Gasteiger partial charge in [-0.05, 0) is 31.0 Å². The SMILES string of the molecule is CCCN(CC#N)C(=O)c1cc(F)ccc1C. The zero-order valence-electron chi connectivity index (χ0n) is 10.0. The van der Waals surface area contributed by atoms with Crippen LogP contribution in [0.4, 0.5) is 4.39 Å². The van der Waals surface area contributed by atoms with Gasteiger partial charge in [-0.25, -0.2) is 4.39 Å². The van der Waals surface area contributed by atoms with Crippen molar-refractivity contribution in [3.63, 3.8) is 0 Å². The Morgan fingerprint density at radius 2 is 2.24 bits per heavy atom. The third-order valence-electron chi connectivity index (χ3n) is 2.47. The van der Waals surface area contributed by atoms with Gasteiger partial charge in [-0.15, -0.1) is 0 Å². The average molecular weight is 234 g/mol. The van der Waals surface area contributed by atoms with Crippen molar-refractivity contribution in [1.29, 1.82) is 5.26 Å². The molecule has 17 heavy (non-hydrogen) atoms. The molecule has 0 heterocycles. The second-order valence-corrected chi connectivity index (χ2v) is 3.84. The molecule has 3 nitrogen and oxygen atoms in total. The van der Waals surface area contributed by atoms with Gasteiger partial charge in [0.1, 0.15) is 12.4 Å². The zero-order valence-corrected chi connectivity index (χ0v) is 10.0. The molecule has 4 heteroatoms. The molecule has 0 atom stereocenters. The second-order valence-electron chi connectivity index (χ2n) is 3.84. The Morgan fingerprint density at radius 1 is 1.53 bits per heavy atom. The number of hydrogen-bond donors (Lipinski definition) is 0. The van der Waals surface area contributed by atoms with Crippen molar-refractivity contribution in [3.05, 3.63) is 35.1 Å². The highest BCUT2D eigenvalue weighted by Crippen LogP contribution is 2.13. The van der Waals surface area contributed by atoms with Crippen molar-refractivity contribution in [1.82, 2.24) is 4.90 Å². The lowest BCUT2D eigenvalue weighted by Crippen LogP contribution is -2.32. The number of rotatable bonds is 4. The molecule has 0 unspecified atom stereocenters. The smallest absolute Gasteiger partial charge is 0.255 e. The Hall–Kier alpha value is -1.89. The molecule has 0 aliphatic carbocycles. The minimum Gasteiger partial charge on any atom is -0.325 e. The van der Waals surface area contributed by atoms with Crippen LogP contribution in [-0.4, -0.2) is 23.9 Å². The van der Waals surface area contributed by atoms with Crippen LogP contribution in [0.15, 0.2) is 18.2 Å². The lowest BCUT2D eigenvalue weighted by molar-refractivity contribution is 0.0775. The number of nitrogens with zero attached hydrogens (tertiary/aromatic N) is 2. The lowest BCUT2D eigenvalue weighted by atomic mass is 10.1. The summed E-state index contributed by atoms with van der Waals surface area (Å²) in [5, 5.41) is 8.67. The van der Waals surface area contributed by atoms with Gasteiger partial charge < -0.3 is 4.90 Å². The zero-order chi connectivity index (χ0) is 12.8. The molecule has 0 aliphatic rings. The number of aryl methyl sites for hydroxylation is 1. The molecule has 0 aromatic heterocycles. The van der Waals surface area contributed by atoms with E-state index >= 15 is 0 Å². The van der Waals surface area contributed by atoms with Crippen LogP contribution >= 0.6 is 0 Å². The molecule has 1 amide bonds. The van der Waals surface area contributed by atoms with E-state index in [1.54, 1.807) is 13.0 Å². The van der Waals surface area contributed by atoms with Crippen molar-refractivity contribution >= 4 is 5.91 Å². The van der Waals surface area contributed by atoms with Crippen molar-refractivity contribution in [2.75, 3.05) is 13.1 Å². The normalized spacial score (nSPS) is 9.76. The number of benzene rings is 1. The summed E-state index contributed by atoms with van der Waals surface area (Å²) in [6.45, 7) is 4.21. The van der Waals surface area contributed by atoms with Gasteiger partial charge in [0.2, 0.25) is 0 Å². The van der Waals surface area contributed by atoms with Crippen LogP contribution in [0.1, 0.15) is 29.3 Å². The quantitative estimate of drug-likeness (QED) is 0.751. The summed E-state index contributed by atoms with van der Waals surface area (Å²) in [4.78, 5) is 13.5. The van der Waals surface area contributed by atoms with E-state index in [2.05, 4.69) is 0 Å². The minimum absolute atomic E-state index is 0.0304. The molecule has 0 fully saturated rings. The number of amides is 1. The summed E-state index contributed by atoms with van der Waals surface area (Å²) in [7, 11) is 0. The summed E-state index contributed by atoms with van der Waals surface area (Å²) >= 11 is 0. The fraction of sp³-hybridized carbons (Fsp3) is 0.385. The molecule has 0 bridgehead atoms. The lowest BCUT2D eigenvalue weighted by Gasteiger charge is -2.19. The maximum Gasteiger partial charge on any atom is 0.255 e. The van der Waals surface area contributed by atoms with Crippen LogP contribution in [0.3, 0.4) is 0 Å². The highest BCUT2D eigenvalue weighted by atomic mass is 19.1. The molecule has 0 spiro atoms. The number of hydrogen-bond acceptors (Lipinski definition) is 2.